The average Bonchev–Trinajstić information content (AvgIpc) is 2.38. The second-order valence-electron chi connectivity index (χ2n) is 5.01. The molecule has 0 aliphatic heterocycles. The molecule has 1 aliphatic rings. The third kappa shape index (κ3) is 2.79. The van der Waals surface area contributed by atoms with E-state index in [2.05, 4.69) is 4.90 Å². The van der Waals surface area contributed by atoms with Crippen molar-refractivity contribution in [3.05, 3.63) is 28.8 Å². The van der Waals surface area contributed by atoms with Gasteiger partial charge in [-0.25, -0.2) is 0 Å². The summed E-state index contributed by atoms with van der Waals surface area (Å²) in [5, 5.41) is 10.8. The van der Waals surface area contributed by atoms with E-state index in [0.29, 0.717) is 11.6 Å². The molecule has 0 aromatic heterocycles. The van der Waals surface area contributed by atoms with Crippen molar-refractivity contribution in [2.75, 3.05) is 11.9 Å². The van der Waals surface area contributed by atoms with Gasteiger partial charge in [0.05, 0.1) is 12.1 Å². The molecular weight excluding hydrogens is 248 g/mol. The van der Waals surface area contributed by atoms with Crippen LogP contribution in [0.1, 0.15) is 31.2 Å². The van der Waals surface area contributed by atoms with Crippen molar-refractivity contribution in [2.24, 2.45) is 5.73 Å². The van der Waals surface area contributed by atoms with E-state index in [1.54, 1.807) is 0 Å². The van der Waals surface area contributed by atoms with Crippen molar-refractivity contribution >= 4 is 17.3 Å². The lowest BCUT2D eigenvalue weighted by molar-refractivity contribution is 0.106. The predicted octanol–water partition coefficient (Wildman–Crippen LogP) is 2.54. The number of likely N-dealkylation sites (N-methyl/N-ethyl adjacent to an activating group) is 1. The highest BCUT2D eigenvalue weighted by atomic mass is 35.5. The van der Waals surface area contributed by atoms with E-state index in [1.807, 2.05) is 25.2 Å². The molecular formula is C14H21ClN2O. The highest BCUT2D eigenvalue weighted by Crippen LogP contribution is 2.30. The quantitative estimate of drug-likeness (QED) is 0.886. The Labute approximate surface area is 114 Å². The lowest BCUT2D eigenvalue weighted by Crippen LogP contribution is -2.43. The van der Waals surface area contributed by atoms with Crippen LogP contribution >= 0.6 is 11.6 Å². The van der Waals surface area contributed by atoms with Gasteiger partial charge in [-0.05, 0) is 36.6 Å². The summed E-state index contributed by atoms with van der Waals surface area (Å²) < 4.78 is 0. The molecule has 4 heteroatoms. The van der Waals surface area contributed by atoms with Gasteiger partial charge >= 0.3 is 0 Å². The SMILES string of the molecule is CN(c1ccc(Cl)cc1CN)C1CCCCC1O. The molecule has 0 saturated heterocycles. The molecule has 0 amide bonds. The smallest absolute Gasteiger partial charge is 0.0743 e. The topological polar surface area (TPSA) is 49.5 Å². The molecule has 0 radical (unpaired) electrons. The minimum atomic E-state index is -0.245. The first-order chi connectivity index (χ1) is 8.63. The Morgan fingerprint density at radius 2 is 2.11 bits per heavy atom. The van der Waals surface area contributed by atoms with Crippen LogP contribution in [0.4, 0.5) is 5.69 Å². The number of benzene rings is 1. The van der Waals surface area contributed by atoms with Crippen LogP contribution < -0.4 is 10.6 Å². The van der Waals surface area contributed by atoms with Crippen molar-refractivity contribution in [2.45, 2.75) is 44.4 Å². The summed E-state index contributed by atoms with van der Waals surface area (Å²) in [6, 6.07) is 5.96. The molecule has 1 aromatic carbocycles. The summed E-state index contributed by atoms with van der Waals surface area (Å²) in [5.74, 6) is 0. The molecule has 1 fully saturated rings. The normalized spacial score (nSPS) is 24.0. The van der Waals surface area contributed by atoms with E-state index in [9.17, 15) is 5.11 Å². The van der Waals surface area contributed by atoms with E-state index in [1.165, 1.54) is 6.42 Å². The summed E-state index contributed by atoms with van der Waals surface area (Å²) in [6.07, 6.45) is 3.98. The van der Waals surface area contributed by atoms with Crippen LogP contribution in [0.15, 0.2) is 18.2 Å². The number of hydrogen-bond donors (Lipinski definition) is 2. The van der Waals surface area contributed by atoms with Gasteiger partial charge in [-0.3, -0.25) is 0 Å². The van der Waals surface area contributed by atoms with Crippen molar-refractivity contribution in [3.8, 4) is 0 Å². The standard InChI is InChI=1S/C14H21ClN2O/c1-17(13-4-2-3-5-14(13)18)12-7-6-11(15)8-10(12)9-16/h6-8,13-14,18H,2-5,9,16H2,1H3. The predicted molar refractivity (Wildman–Crippen MR) is 76.0 cm³/mol. The molecule has 1 aliphatic carbocycles. The van der Waals surface area contributed by atoms with Gasteiger partial charge in [0.2, 0.25) is 0 Å². The van der Waals surface area contributed by atoms with Gasteiger partial charge < -0.3 is 15.7 Å². The average molecular weight is 269 g/mol. The van der Waals surface area contributed by atoms with Crippen LogP contribution in [0, 0.1) is 0 Å². The fraction of sp³-hybridized carbons (Fsp3) is 0.571. The molecule has 1 saturated carbocycles. The molecule has 2 unspecified atom stereocenters. The molecule has 2 rings (SSSR count). The Hall–Kier alpha value is -0.770. The van der Waals surface area contributed by atoms with Crippen molar-refractivity contribution in [1.82, 2.24) is 0 Å². The highest BCUT2D eigenvalue weighted by Gasteiger charge is 2.27. The van der Waals surface area contributed by atoms with E-state index in [4.69, 9.17) is 17.3 Å². The Morgan fingerprint density at radius 3 is 2.78 bits per heavy atom. The van der Waals surface area contributed by atoms with Crippen molar-refractivity contribution < 1.29 is 5.11 Å². The van der Waals surface area contributed by atoms with Gasteiger partial charge in [0.25, 0.3) is 0 Å². The van der Waals surface area contributed by atoms with Crippen LogP contribution in [0.2, 0.25) is 5.02 Å². The molecule has 100 valence electrons. The number of anilines is 1. The highest BCUT2D eigenvalue weighted by molar-refractivity contribution is 6.30. The molecule has 0 bridgehead atoms. The summed E-state index contributed by atoms with van der Waals surface area (Å²) in [7, 11) is 2.03. The fourth-order valence-electron chi connectivity index (χ4n) is 2.78. The van der Waals surface area contributed by atoms with Crippen molar-refractivity contribution in [3.63, 3.8) is 0 Å². The first-order valence-electron chi connectivity index (χ1n) is 6.53. The second-order valence-corrected chi connectivity index (χ2v) is 5.44. The number of aliphatic hydroxyl groups excluding tert-OH is 1. The monoisotopic (exact) mass is 268 g/mol. The maximum absolute atomic E-state index is 10.1. The fourth-order valence-corrected chi connectivity index (χ4v) is 2.98. The first-order valence-corrected chi connectivity index (χ1v) is 6.90. The molecule has 0 heterocycles. The van der Waals surface area contributed by atoms with E-state index in [-0.39, 0.29) is 12.1 Å². The van der Waals surface area contributed by atoms with Gasteiger partial charge in [-0.2, -0.15) is 0 Å². The summed E-state index contributed by atoms with van der Waals surface area (Å²) in [4.78, 5) is 2.16. The Kier molecular flexibility index (Phi) is 4.49. The lowest BCUT2D eigenvalue weighted by Gasteiger charge is -2.37. The van der Waals surface area contributed by atoms with Gasteiger partial charge in [-0.1, -0.05) is 24.4 Å². The number of aliphatic hydroxyl groups is 1. The summed E-state index contributed by atoms with van der Waals surface area (Å²) in [6.45, 7) is 0.461. The third-order valence-electron chi connectivity index (χ3n) is 3.83. The maximum atomic E-state index is 10.1. The molecule has 2 atom stereocenters. The number of rotatable bonds is 3. The minimum Gasteiger partial charge on any atom is -0.391 e. The summed E-state index contributed by atoms with van der Waals surface area (Å²) >= 11 is 5.99. The lowest BCUT2D eigenvalue weighted by atomic mass is 9.91. The molecule has 1 aromatic rings. The van der Waals surface area contributed by atoms with E-state index in [0.717, 1.165) is 30.5 Å². The Morgan fingerprint density at radius 1 is 1.39 bits per heavy atom. The third-order valence-corrected chi connectivity index (χ3v) is 4.07. The van der Waals surface area contributed by atoms with E-state index >= 15 is 0 Å². The first kappa shape index (κ1) is 13.7. The van der Waals surface area contributed by atoms with E-state index < -0.39 is 0 Å². The van der Waals surface area contributed by atoms with Gasteiger partial charge in [0, 0.05) is 24.3 Å². The van der Waals surface area contributed by atoms with Crippen LogP contribution in [-0.2, 0) is 6.54 Å². The molecule has 3 N–H and O–H groups in total. The van der Waals surface area contributed by atoms with Crippen LogP contribution in [-0.4, -0.2) is 24.3 Å². The molecule has 3 nitrogen and oxygen atoms in total. The number of nitrogens with two attached hydrogens (primary N) is 1. The Balaban J connectivity index is 2.24. The van der Waals surface area contributed by atoms with Crippen molar-refractivity contribution in [1.29, 1.82) is 0 Å². The zero-order valence-corrected chi connectivity index (χ0v) is 11.5. The number of nitrogens with zero attached hydrogens (tertiary/aromatic N) is 1. The number of halogens is 1. The second kappa shape index (κ2) is 5.91. The minimum absolute atomic E-state index is 0.185. The number of hydrogen-bond acceptors (Lipinski definition) is 3. The van der Waals surface area contributed by atoms with Gasteiger partial charge in [-0.15, -0.1) is 0 Å². The molecule has 18 heavy (non-hydrogen) atoms. The molecule has 0 spiro atoms. The van der Waals surface area contributed by atoms with Crippen LogP contribution in [0.25, 0.3) is 0 Å². The zero-order valence-electron chi connectivity index (χ0n) is 10.8. The zero-order chi connectivity index (χ0) is 13.1. The summed E-state index contributed by atoms with van der Waals surface area (Å²) in [5.41, 5.74) is 7.88. The van der Waals surface area contributed by atoms with Gasteiger partial charge in [0.1, 0.15) is 0 Å². The largest absolute Gasteiger partial charge is 0.391 e. The van der Waals surface area contributed by atoms with Crippen LogP contribution in [0.3, 0.4) is 0 Å². The van der Waals surface area contributed by atoms with Crippen LogP contribution in [0.5, 0.6) is 0 Å². The Bertz CT molecular complexity index is 411. The maximum Gasteiger partial charge on any atom is 0.0743 e. The van der Waals surface area contributed by atoms with Gasteiger partial charge in [0.15, 0.2) is 0 Å².